The first-order chi connectivity index (χ1) is 12.3. The summed E-state index contributed by atoms with van der Waals surface area (Å²) in [6.45, 7) is 0. The molecule has 0 saturated carbocycles. The highest BCUT2D eigenvalue weighted by atomic mass is 32.2. The molecule has 4 aromatic rings. The zero-order valence-corrected chi connectivity index (χ0v) is 15.0. The maximum atomic E-state index is 12.1. The third-order valence-electron chi connectivity index (χ3n) is 3.76. The van der Waals surface area contributed by atoms with E-state index in [4.69, 9.17) is 9.72 Å². The Balaban J connectivity index is 1.85. The molecular formula is C19H14N2O2S2. The van der Waals surface area contributed by atoms with E-state index in [2.05, 4.69) is 4.40 Å². The van der Waals surface area contributed by atoms with E-state index < -0.39 is 0 Å². The van der Waals surface area contributed by atoms with E-state index >= 15 is 0 Å². The van der Waals surface area contributed by atoms with Crippen LogP contribution in [0.1, 0.15) is 10.4 Å². The molecule has 0 saturated heterocycles. The number of ether oxygens (including phenoxy) is 1. The molecule has 0 radical (unpaired) electrons. The first-order valence-corrected chi connectivity index (χ1v) is 9.33. The molecule has 4 nitrogen and oxygen atoms in total. The molecule has 0 bridgehead atoms. The summed E-state index contributed by atoms with van der Waals surface area (Å²) in [4.78, 5) is 18.6. The maximum Gasteiger partial charge on any atom is 0.339 e. The van der Waals surface area contributed by atoms with Crippen molar-refractivity contribution in [3.8, 4) is 11.3 Å². The number of nitrogens with zero attached hydrogens (tertiary/aromatic N) is 2. The number of methoxy groups -OCH3 is 1. The first kappa shape index (κ1) is 15.9. The maximum absolute atomic E-state index is 12.1. The van der Waals surface area contributed by atoms with Gasteiger partial charge in [-0.15, -0.1) is 11.3 Å². The van der Waals surface area contributed by atoms with Crippen LogP contribution in [0, 0.1) is 0 Å². The number of carbonyl (C=O) groups is 1. The first-order valence-electron chi connectivity index (χ1n) is 7.64. The Hall–Kier alpha value is -2.57. The number of hydrogen-bond acceptors (Lipinski definition) is 5. The number of benzene rings is 2. The number of esters is 1. The largest absolute Gasteiger partial charge is 0.465 e. The van der Waals surface area contributed by atoms with Crippen LogP contribution in [-0.2, 0) is 4.74 Å². The SMILES string of the molecule is COC(=O)c1ccccc1Sc1c(-c2ccccc2)nc2sccn12. The fraction of sp³-hybridized carbons (Fsp3) is 0.0526. The average molecular weight is 366 g/mol. The quantitative estimate of drug-likeness (QED) is 0.477. The van der Waals surface area contributed by atoms with E-state index in [0.29, 0.717) is 5.56 Å². The van der Waals surface area contributed by atoms with Crippen molar-refractivity contribution < 1.29 is 9.53 Å². The van der Waals surface area contributed by atoms with Crippen molar-refractivity contribution >= 4 is 34.0 Å². The summed E-state index contributed by atoms with van der Waals surface area (Å²) in [5, 5.41) is 2.99. The van der Waals surface area contributed by atoms with Gasteiger partial charge in [0.25, 0.3) is 0 Å². The zero-order chi connectivity index (χ0) is 17.2. The molecule has 6 heteroatoms. The van der Waals surface area contributed by atoms with Gasteiger partial charge in [-0.2, -0.15) is 0 Å². The summed E-state index contributed by atoms with van der Waals surface area (Å²) >= 11 is 3.12. The van der Waals surface area contributed by atoms with Gasteiger partial charge in [-0.05, 0) is 12.1 Å². The minimum atomic E-state index is -0.338. The van der Waals surface area contributed by atoms with Crippen molar-refractivity contribution in [1.29, 1.82) is 0 Å². The summed E-state index contributed by atoms with van der Waals surface area (Å²) in [6.07, 6.45) is 2.00. The van der Waals surface area contributed by atoms with Gasteiger partial charge in [-0.1, -0.05) is 54.2 Å². The fourth-order valence-electron chi connectivity index (χ4n) is 2.58. The molecule has 2 aromatic carbocycles. The Morgan fingerprint density at radius 2 is 1.88 bits per heavy atom. The molecule has 124 valence electrons. The van der Waals surface area contributed by atoms with Crippen LogP contribution in [0.15, 0.2) is 76.1 Å². The lowest BCUT2D eigenvalue weighted by molar-refractivity contribution is 0.0597. The predicted octanol–water partition coefficient (Wildman–Crippen LogP) is 5.00. The molecule has 0 spiro atoms. The lowest BCUT2D eigenvalue weighted by Gasteiger charge is -2.08. The molecule has 4 rings (SSSR count). The number of hydrogen-bond donors (Lipinski definition) is 0. The minimum absolute atomic E-state index is 0.338. The van der Waals surface area contributed by atoms with Crippen LogP contribution in [0.4, 0.5) is 0 Å². The third-order valence-corrected chi connectivity index (χ3v) is 5.68. The van der Waals surface area contributed by atoms with Gasteiger partial charge in [0.15, 0.2) is 4.96 Å². The number of thiazole rings is 1. The second-order valence-electron chi connectivity index (χ2n) is 5.28. The van der Waals surface area contributed by atoms with Gasteiger partial charge in [-0.25, -0.2) is 9.78 Å². The Morgan fingerprint density at radius 3 is 2.68 bits per heavy atom. The Labute approximate surface area is 153 Å². The molecule has 0 fully saturated rings. The van der Waals surface area contributed by atoms with Crippen molar-refractivity contribution in [3.05, 3.63) is 71.7 Å². The molecule has 0 aliphatic heterocycles. The van der Waals surface area contributed by atoms with Crippen molar-refractivity contribution in [2.75, 3.05) is 7.11 Å². The van der Waals surface area contributed by atoms with Gasteiger partial charge in [-0.3, -0.25) is 4.40 Å². The van der Waals surface area contributed by atoms with Crippen LogP contribution in [0.5, 0.6) is 0 Å². The van der Waals surface area contributed by atoms with Crippen molar-refractivity contribution in [3.63, 3.8) is 0 Å². The predicted molar refractivity (Wildman–Crippen MR) is 100 cm³/mol. The highest BCUT2D eigenvalue weighted by molar-refractivity contribution is 7.99. The molecular weight excluding hydrogens is 352 g/mol. The van der Waals surface area contributed by atoms with Crippen LogP contribution in [-0.4, -0.2) is 22.5 Å². The summed E-state index contributed by atoms with van der Waals surface area (Å²) in [5.74, 6) is -0.338. The standard InChI is InChI=1S/C19H14N2O2S2/c1-23-18(22)14-9-5-6-10-15(14)25-17-16(13-7-3-2-4-8-13)20-19-21(17)11-12-24-19/h2-12H,1H3. The average Bonchev–Trinajstić information content (AvgIpc) is 3.25. The lowest BCUT2D eigenvalue weighted by atomic mass is 10.2. The van der Waals surface area contributed by atoms with E-state index in [1.54, 1.807) is 17.4 Å². The number of aromatic nitrogens is 2. The van der Waals surface area contributed by atoms with Crippen LogP contribution in [0.25, 0.3) is 16.2 Å². The van der Waals surface area contributed by atoms with Crippen molar-refractivity contribution in [2.24, 2.45) is 0 Å². The summed E-state index contributed by atoms with van der Waals surface area (Å²) in [5.41, 5.74) is 2.52. The Bertz CT molecular complexity index is 1040. The van der Waals surface area contributed by atoms with Crippen LogP contribution >= 0.6 is 23.1 Å². The monoisotopic (exact) mass is 366 g/mol. The van der Waals surface area contributed by atoms with E-state index in [9.17, 15) is 4.79 Å². The van der Waals surface area contributed by atoms with Crippen LogP contribution in [0.2, 0.25) is 0 Å². The van der Waals surface area contributed by atoms with Gasteiger partial charge in [0.2, 0.25) is 0 Å². The van der Waals surface area contributed by atoms with E-state index in [-0.39, 0.29) is 5.97 Å². The zero-order valence-electron chi connectivity index (χ0n) is 13.4. The van der Waals surface area contributed by atoms with Crippen LogP contribution < -0.4 is 0 Å². The second kappa shape index (κ2) is 6.74. The van der Waals surface area contributed by atoms with E-state index in [0.717, 1.165) is 26.1 Å². The van der Waals surface area contributed by atoms with Gasteiger partial charge < -0.3 is 4.74 Å². The third kappa shape index (κ3) is 2.94. The minimum Gasteiger partial charge on any atom is -0.465 e. The second-order valence-corrected chi connectivity index (χ2v) is 7.18. The molecule has 2 aromatic heterocycles. The van der Waals surface area contributed by atoms with Gasteiger partial charge >= 0.3 is 5.97 Å². The number of rotatable bonds is 4. The van der Waals surface area contributed by atoms with Gasteiger partial charge in [0.1, 0.15) is 10.7 Å². The number of imidazole rings is 1. The molecule has 0 amide bonds. The molecule has 0 N–H and O–H groups in total. The summed E-state index contributed by atoms with van der Waals surface area (Å²) in [7, 11) is 1.40. The van der Waals surface area contributed by atoms with Gasteiger partial charge in [0.05, 0.1) is 12.7 Å². The molecule has 25 heavy (non-hydrogen) atoms. The molecule has 0 aliphatic carbocycles. The van der Waals surface area contributed by atoms with Crippen molar-refractivity contribution in [2.45, 2.75) is 9.92 Å². The summed E-state index contributed by atoms with van der Waals surface area (Å²) < 4.78 is 6.97. The van der Waals surface area contributed by atoms with E-state index in [1.165, 1.54) is 18.9 Å². The molecule has 0 unspecified atom stereocenters. The molecule has 0 atom stereocenters. The highest BCUT2D eigenvalue weighted by Gasteiger charge is 2.19. The highest BCUT2D eigenvalue weighted by Crippen LogP contribution is 2.38. The Kier molecular flexibility index (Phi) is 4.29. The van der Waals surface area contributed by atoms with Crippen molar-refractivity contribution in [1.82, 2.24) is 9.38 Å². The topological polar surface area (TPSA) is 43.6 Å². The lowest BCUT2D eigenvalue weighted by Crippen LogP contribution is -2.02. The smallest absolute Gasteiger partial charge is 0.339 e. The normalized spacial score (nSPS) is 10.9. The summed E-state index contributed by atoms with van der Waals surface area (Å²) in [6, 6.07) is 17.5. The molecule has 2 heterocycles. The van der Waals surface area contributed by atoms with Crippen LogP contribution in [0.3, 0.4) is 0 Å². The Morgan fingerprint density at radius 1 is 1.12 bits per heavy atom. The van der Waals surface area contributed by atoms with Gasteiger partial charge in [0, 0.05) is 22.0 Å². The number of carbonyl (C=O) groups excluding carboxylic acids is 1. The van der Waals surface area contributed by atoms with E-state index in [1.807, 2.05) is 60.1 Å². The molecule has 0 aliphatic rings. The number of fused-ring (bicyclic) bond motifs is 1. The fourth-order valence-corrected chi connectivity index (χ4v) is 4.48.